The molecular formula is C16H12ClN3O2S. The first-order chi connectivity index (χ1) is 11.1. The van der Waals surface area contributed by atoms with Crippen molar-refractivity contribution in [2.75, 3.05) is 6.61 Å². The number of ether oxygens (including phenoxy) is 1. The first kappa shape index (κ1) is 15.5. The van der Waals surface area contributed by atoms with E-state index in [1.165, 1.54) is 11.3 Å². The molecule has 3 rings (SSSR count). The van der Waals surface area contributed by atoms with Crippen LogP contribution in [0, 0.1) is 0 Å². The summed E-state index contributed by atoms with van der Waals surface area (Å²) in [6.07, 6.45) is 0. The molecule has 0 aliphatic heterocycles. The maximum absolute atomic E-state index is 12.1. The maximum atomic E-state index is 12.1. The third-order valence-electron chi connectivity index (χ3n) is 2.89. The molecule has 0 saturated heterocycles. The van der Waals surface area contributed by atoms with Gasteiger partial charge in [-0.1, -0.05) is 42.4 Å². The molecule has 0 spiro atoms. The molecule has 2 heterocycles. The molecule has 0 aliphatic rings. The van der Waals surface area contributed by atoms with E-state index >= 15 is 0 Å². The van der Waals surface area contributed by atoms with Gasteiger partial charge in [-0.2, -0.15) is 4.98 Å². The van der Waals surface area contributed by atoms with Crippen molar-refractivity contribution in [1.29, 1.82) is 0 Å². The molecular weight excluding hydrogens is 334 g/mol. The summed E-state index contributed by atoms with van der Waals surface area (Å²) < 4.78 is 6.63. The molecule has 1 aromatic carbocycles. The summed E-state index contributed by atoms with van der Waals surface area (Å²) in [7, 11) is 0. The average Bonchev–Trinajstić information content (AvgIpc) is 3.22. The first-order valence-corrected chi connectivity index (χ1v) is 7.97. The summed E-state index contributed by atoms with van der Waals surface area (Å²) in [6, 6.07) is 13.3. The molecule has 116 valence electrons. The molecule has 0 bridgehead atoms. The van der Waals surface area contributed by atoms with Gasteiger partial charge in [-0.05, 0) is 23.6 Å². The largest absolute Gasteiger partial charge is 0.454 e. The highest BCUT2D eigenvalue weighted by Gasteiger charge is 2.20. The van der Waals surface area contributed by atoms with Gasteiger partial charge in [-0.3, -0.25) is 0 Å². The number of aromatic nitrogens is 3. The lowest BCUT2D eigenvalue weighted by atomic mass is 10.3. The Morgan fingerprint density at radius 1 is 1.26 bits per heavy atom. The zero-order valence-electron chi connectivity index (χ0n) is 12.0. The number of thiophene rings is 1. The molecule has 0 radical (unpaired) electrons. The van der Waals surface area contributed by atoms with Crippen molar-refractivity contribution >= 4 is 28.9 Å². The maximum Gasteiger partial charge on any atom is 0.378 e. The van der Waals surface area contributed by atoms with Gasteiger partial charge in [0.2, 0.25) is 0 Å². The molecule has 3 aromatic rings. The van der Waals surface area contributed by atoms with Crippen LogP contribution in [0.1, 0.15) is 10.6 Å². The van der Waals surface area contributed by atoms with Gasteiger partial charge in [0.15, 0.2) is 5.82 Å². The Labute approximate surface area is 141 Å². The first-order valence-electron chi connectivity index (χ1n) is 6.72. The lowest BCUT2D eigenvalue weighted by molar-refractivity contribution is 0.0532. The van der Waals surface area contributed by atoms with Gasteiger partial charge in [0, 0.05) is 5.03 Å². The SMILES string of the molecule is C=C(Cl)COC(=O)c1nc(-c2cccs2)n(-c2ccccc2)n1. The Bertz CT molecular complexity index is 828. The fourth-order valence-corrected chi connectivity index (χ4v) is 2.67. The van der Waals surface area contributed by atoms with E-state index < -0.39 is 5.97 Å². The van der Waals surface area contributed by atoms with E-state index in [4.69, 9.17) is 16.3 Å². The predicted molar refractivity (Wildman–Crippen MR) is 89.9 cm³/mol. The van der Waals surface area contributed by atoms with Crippen LogP contribution < -0.4 is 0 Å². The van der Waals surface area contributed by atoms with Crippen molar-refractivity contribution in [3.63, 3.8) is 0 Å². The van der Waals surface area contributed by atoms with Crippen LogP contribution in [0.4, 0.5) is 0 Å². The third-order valence-corrected chi connectivity index (χ3v) is 3.87. The molecule has 0 amide bonds. The highest BCUT2D eigenvalue weighted by atomic mass is 35.5. The van der Waals surface area contributed by atoms with Gasteiger partial charge in [0.05, 0.1) is 10.6 Å². The molecule has 7 heteroatoms. The number of carbonyl (C=O) groups is 1. The van der Waals surface area contributed by atoms with Crippen molar-refractivity contribution < 1.29 is 9.53 Å². The number of benzene rings is 1. The molecule has 23 heavy (non-hydrogen) atoms. The van der Waals surface area contributed by atoms with Crippen LogP contribution >= 0.6 is 22.9 Å². The van der Waals surface area contributed by atoms with Crippen molar-refractivity contribution in [2.45, 2.75) is 0 Å². The topological polar surface area (TPSA) is 57.0 Å². The quantitative estimate of drug-likeness (QED) is 0.658. The minimum absolute atomic E-state index is 0.0184. The van der Waals surface area contributed by atoms with E-state index in [1.807, 2.05) is 47.8 Å². The second-order valence-electron chi connectivity index (χ2n) is 4.58. The molecule has 0 saturated carbocycles. The molecule has 0 aliphatic carbocycles. The fourth-order valence-electron chi connectivity index (χ4n) is 1.92. The summed E-state index contributed by atoms with van der Waals surface area (Å²) in [5.41, 5.74) is 0.809. The number of nitrogens with zero attached hydrogens (tertiary/aromatic N) is 3. The van der Waals surface area contributed by atoms with Crippen LogP contribution in [-0.4, -0.2) is 27.3 Å². The van der Waals surface area contributed by atoms with E-state index in [0.717, 1.165) is 10.6 Å². The van der Waals surface area contributed by atoms with E-state index in [0.29, 0.717) is 5.82 Å². The van der Waals surface area contributed by atoms with Gasteiger partial charge >= 0.3 is 5.97 Å². The molecule has 0 N–H and O–H groups in total. The van der Waals surface area contributed by atoms with E-state index in [2.05, 4.69) is 16.7 Å². The van der Waals surface area contributed by atoms with Gasteiger partial charge < -0.3 is 4.74 Å². The smallest absolute Gasteiger partial charge is 0.378 e. The van der Waals surface area contributed by atoms with Crippen LogP contribution in [0.5, 0.6) is 0 Å². The van der Waals surface area contributed by atoms with E-state index in [1.54, 1.807) is 4.68 Å². The molecule has 0 atom stereocenters. The third kappa shape index (κ3) is 3.49. The molecule has 0 unspecified atom stereocenters. The fraction of sp³-hybridized carbons (Fsp3) is 0.0625. The van der Waals surface area contributed by atoms with Crippen molar-refractivity contribution in [1.82, 2.24) is 14.8 Å². The lowest BCUT2D eigenvalue weighted by Crippen LogP contribution is -2.09. The molecule has 0 fully saturated rings. The van der Waals surface area contributed by atoms with E-state index in [-0.39, 0.29) is 17.5 Å². The van der Waals surface area contributed by atoms with Gasteiger partial charge in [-0.15, -0.1) is 16.4 Å². The van der Waals surface area contributed by atoms with Gasteiger partial charge in [0.1, 0.15) is 6.61 Å². The van der Waals surface area contributed by atoms with Crippen LogP contribution in [0.25, 0.3) is 16.4 Å². The van der Waals surface area contributed by atoms with Crippen LogP contribution in [0.15, 0.2) is 59.5 Å². The van der Waals surface area contributed by atoms with Crippen LogP contribution in [-0.2, 0) is 4.74 Å². The van der Waals surface area contributed by atoms with Gasteiger partial charge in [-0.25, -0.2) is 9.48 Å². The Kier molecular flexibility index (Phi) is 4.55. The van der Waals surface area contributed by atoms with Crippen molar-refractivity contribution in [3.8, 4) is 16.4 Å². The molecule has 5 nitrogen and oxygen atoms in total. The van der Waals surface area contributed by atoms with E-state index in [9.17, 15) is 4.79 Å². The monoisotopic (exact) mass is 345 g/mol. The minimum Gasteiger partial charge on any atom is -0.454 e. The number of rotatable bonds is 5. The molecule has 2 aromatic heterocycles. The number of esters is 1. The number of hydrogen-bond acceptors (Lipinski definition) is 5. The highest BCUT2D eigenvalue weighted by molar-refractivity contribution is 7.13. The Morgan fingerprint density at radius 3 is 2.70 bits per heavy atom. The van der Waals surface area contributed by atoms with Crippen molar-refractivity contribution in [3.05, 3.63) is 65.3 Å². The minimum atomic E-state index is -0.640. The number of halogens is 1. The zero-order valence-corrected chi connectivity index (χ0v) is 13.5. The second kappa shape index (κ2) is 6.76. The summed E-state index contributed by atoms with van der Waals surface area (Å²) in [5, 5.41) is 6.45. The Balaban J connectivity index is 2.01. The standard InChI is InChI=1S/C16H12ClN3O2S/c1-11(17)10-22-16(21)14-18-15(13-8-5-9-23-13)20(19-14)12-6-3-2-4-7-12/h2-9H,1,10H2. The number of hydrogen-bond donors (Lipinski definition) is 0. The summed E-state index contributed by atoms with van der Waals surface area (Å²) >= 11 is 7.12. The Morgan fingerprint density at radius 2 is 2.04 bits per heavy atom. The summed E-state index contributed by atoms with van der Waals surface area (Å²) in [5.74, 6) is -0.0719. The predicted octanol–water partition coefficient (Wildman–Crippen LogP) is 3.91. The number of para-hydroxylation sites is 1. The number of carbonyl (C=O) groups excluding carboxylic acids is 1. The lowest BCUT2D eigenvalue weighted by Gasteiger charge is -2.03. The van der Waals surface area contributed by atoms with Crippen molar-refractivity contribution in [2.24, 2.45) is 0 Å². The Hall–Kier alpha value is -2.44. The average molecular weight is 346 g/mol. The van der Waals surface area contributed by atoms with Crippen LogP contribution in [0.3, 0.4) is 0 Å². The summed E-state index contributed by atoms with van der Waals surface area (Å²) in [6.45, 7) is 3.40. The zero-order chi connectivity index (χ0) is 16.2. The summed E-state index contributed by atoms with van der Waals surface area (Å²) in [4.78, 5) is 17.3. The second-order valence-corrected chi connectivity index (χ2v) is 6.06. The van der Waals surface area contributed by atoms with Gasteiger partial charge in [0.25, 0.3) is 5.82 Å². The highest BCUT2D eigenvalue weighted by Crippen LogP contribution is 2.25. The normalized spacial score (nSPS) is 10.5. The van der Waals surface area contributed by atoms with Crippen LogP contribution in [0.2, 0.25) is 0 Å².